The second-order valence-corrected chi connectivity index (χ2v) is 6.38. The van der Waals surface area contributed by atoms with Crippen molar-refractivity contribution in [2.45, 2.75) is 25.3 Å². The van der Waals surface area contributed by atoms with Gasteiger partial charge in [-0.25, -0.2) is 4.98 Å². The van der Waals surface area contributed by atoms with E-state index in [9.17, 15) is 14.8 Å². The van der Waals surface area contributed by atoms with Crippen LogP contribution in [0.15, 0.2) is 47.4 Å². The van der Waals surface area contributed by atoms with Gasteiger partial charge in [0, 0.05) is 13.0 Å². The Morgan fingerprint density at radius 2 is 2.17 bits per heavy atom. The van der Waals surface area contributed by atoms with Gasteiger partial charge in [-0.05, 0) is 40.9 Å². The highest BCUT2D eigenvalue weighted by molar-refractivity contribution is 7.07. The van der Waals surface area contributed by atoms with Crippen molar-refractivity contribution in [1.29, 1.82) is 0 Å². The van der Waals surface area contributed by atoms with Crippen LogP contribution in [0.2, 0.25) is 0 Å². The van der Waals surface area contributed by atoms with Crippen LogP contribution in [0.1, 0.15) is 12.0 Å². The van der Waals surface area contributed by atoms with Crippen LogP contribution in [0.4, 0.5) is 0 Å². The Balaban J connectivity index is 1.57. The van der Waals surface area contributed by atoms with Gasteiger partial charge in [-0.3, -0.25) is 4.79 Å². The molecule has 1 aromatic carbocycles. The standard InChI is InChI=1S/C16H18BN3O3S/c21-16(19-15(17(22)23)9-12-6-8-24-10-12)5-7-20-11-18-13-3-1-2-4-14(13)20/h1-4,6,8,10-11,15,22-23H,5,7,9H2,(H,19,21). The number of amides is 1. The Morgan fingerprint density at radius 1 is 1.33 bits per heavy atom. The van der Waals surface area contributed by atoms with Crippen molar-refractivity contribution < 1.29 is 14.8 Å². The van der Waals surface area contributed by atoms with Crippen LogP contribution in [0.25, 0.3) is 11.0 Å². The fourth-order valence-corrected chi connectivity index (χ4v) is 3.26. The molecule has 0 aliphatic rings. The molecule has 0 aliphatic carbocycles. The lowest BCUT2D eigenvalue weighted by Crippen LogP contribution is -2.48. The van der Waals surface area contributed by atoms with Gasteiger partial charge in [0.05, 0.1) is 23.3 Å². The number of imidazole rings is 1. The van der Waals surface area contributed by atoms with Gasteiger partial charge in [-0.15, -0.1) is 0 Å². The first-order chi connectivity index (χ1) is 11.6. The largest absolute Gasteiger partial charge is 0.475 e. The number of hydrogen-bond donors (Lipinski definition) is 3. The zero-order chi connectivity index (χ0) is 16.9. The van der Waals surface area contributed by atoms with E-state index in [1.165, 1.54) is 11.3 Å². The summed E-state index contributed by atoms with van der Waals surface area (Å²) in [5.41, 5.74) is 2.83. The minimum absolute atomic E-state index is 0.221. The van der Waals surface area contributed by atoms with Crippen LogP contribution in [-0.4, -0.2) is 38.6 Å². The summed E-state index contributed by atoms with van der Waals surface area (Å²) in [4.78, 5) is 16.4. The molecule has 0 aliphatic heterocycles. The highest BCUT2D eigenvalue weighted by Crippen LogP contribution is 2.12. The average Bonchev–Trinajstić information content (AvgIpc) is 3.21. The molecule has 0 bridgehead atoms. The summed E-state index contributed by atoms with van der Waals surface area (Å²) in [6.07, 6.45) is 2.34. The molecule has 1 atom stereocenters. The number of hydrogen-bond acceptors (Lipinski definition) is 5. The smallest absolute Gasteiger partial charge is 0.426 e. The van der Waals surface area contributed by atoms with Gasteiger partial charge in [0.25, 0.3) is 0 Å². The van der Waals surface area contributed by atoms with Crippen LogP contribution in [0.5, 0.6) is 0 Å². The summed E-state index contributed by atoms with van der Waals surface area (Å²) in [6, 6.07) is 9.63. The fourth-order valence-electron chi connectivity index (χ4n) is 2.58. The number of aromatic nitrogens is 2. The van der Waals surface area contributed by atoms with Crippen molar-refractivity contribution in [1.82, 2.24) is 14.9 Å². The number of nitrogens with one attached hydrogen (secondary N) is 1. The number of carbonyl (C=O) groups is 1. The zero-order valence-corrected chi connectivity index (χ0v) is 13.8. The molecular weight excluding hydrogens is 325 g/mol. The number of aryl methyl sites for hydroxylation is 1. The number of fused-ring (bicyclic) bond motifs is 1. The van der Waals surface area contributed by atoms with E-state index >= 15 is 0 Å². The fraction of sp³-hybridized carbons (Fsp3) is 0.250. The van der Waals surface area contributed by atoms with E-state index < -0.39 is 13.1 Å². The molecule has 1 amide bonds. The van der Waals surface area contributed by atoms with E-state index in [1.54, 1.807) is 6.33 Å². The lowest BCUT2D eigenvalue weighted by atomic mass is 9.76. The maximum Gasteiger partial charge on any atom is 0.475 e. The molecule has 0 radical (unpaired) electrons. The average molecular weight is 343 g/mol. The number of para-hydroxylation sites is 2. The molecule has 0 fully saturated rings. The van der Waals surface area contributed by atoms with Crippen LogP contribution >= 0.6 is 11.3 Å². The summed E-state index contributed by atoms with van der Waals surface area (Å²) >= 11 is 1.54. The van der Waals surface area contributed by atoms with E-state index in [2.05, 4.69) is 10.3 Å². The van der Waals surface area contributed by atoms with Gasteiger partial charge < -0.3 is 19.9 Å². The van der Waals surface area contributed by atoms with Gasteiger partial charge in [0.2, 0.25) is 5.91 Å². The number of nitrogens with zero attached hydrogens (tertiary/aromatic N) is 2. The molecule has 3 rings (SSSR count). The van der Waals surface area contributed by atoms with E-state index in [0.717, 1.165) is 16.6 Å². The highest BCUT2D eigenvalue weighted by atomic mass is 32.1. The van der Waals surface area contributed by atoms with Crippen LogP contribution in [0, 0.1) is 0 Å². The van der Waals surface area contributed by atoms with E-state index in [-0.39, 0.29) is 12.3 Å². The summed E-state index contributed by atoms with van der Waals surface area (Å²) < 4.78 is 1.91. The van der Waals surface area contributed by atoms with Crippen molar-refractivity contribution in [3.8, 4) is 0 Å². The second-order valence-electron chi connectivity index (χ2n) is 5.60. The van der Waals surface area contributed by atoms with E-state index in [0.29, 0.717) is 13.0 Å². The molecule has 3 N–H and O–H groups in total. The summed E-state index contributed by atoms with van der Waals surface area (Å²) in [5, 5.41) is 25.5. The minimum Gasteiger partial charge on any atom is -0.426 e. The Bertz CT molecular complexity index is 804. The third-order valence-corrected chi connectivity index (χ3v) is 4.58. The normalized spacial score (nSPS) is 12.2. The summed E-state index contributed by atoms with van der Waals surface area (Å²) in [5.74, 6) is -0.937. The van der Waals surface area contributed by atoms with Gasteiger partial charge in [-0.2, -0.15) is 11.3 Å². The Morgan fingerprint density at radius 3 is 2.92 bits per heavy atom. The molecule has 0 saturated carbocycles. The van der Waals surface area contributed by atoms with Crippen molar-refractivity contribution >= 4 is 35.4 Å². The molecule has 2 heterocycles. The van der Waals surface area contributed by atoms with Crippen molar-refractivity contribution in [3.63, 3.8) is 0 Å². The SMILES string of the molecule is O=C(CCn1cnc2ccccc21)NC(Cc1ccsc1)B(O)O. The molecular formula is C16H18BN3O3S. The van der Waals surface area contributed by atoms with Gasteiger partial charge in [-0.1, -0.05) is 12.1 Å². The zero-order valence-electron chi connectivity index (χ0n) is 13.0. The number of rotatable bonds is 7. The predicted molar refractivity (Wildman–Crippen MR) is 94.5 cm³/mol. The first kappa shape index (κ1) is 16.7. The van der Waals surface area contributed by atoms with Gasteiger partial charge in [0.15, 0.2) is 0 Å². The van der Waals surface area contributed by atoms with E-state index in [1.807, 2.05) is 45.7 Å². The van der Waals surface area contributed by atoms with Crippen LogP contribution in [-0.2, 0) is 17.8 Å². The van der Waals surface area contributed by atoms with Crippen LogP contribution < -0.4 is 5.32 Å². The summed E-state index contributed by atoms with van der Waals surface area (Å²) in [6.45, 7) is 0.485. The molecule has 24 heavy (non-hydrogen) atoms. The molecule has 3 aromatic rings. The third-order valence-electron chi connectivity index (χ3n) is 3.85. The molecule has 0 saturated heterocycles. The lowest BCUT2D eigenvalue weighted by Gasteiger charge is -2.17. The van der Waals surface area contributed by atoms with Crippen molar-refractivity contribution in [2.24, 2.45) is 0 Å². The first-order valence-corrected chi connectivity index (χ1v) is 8.64. The quantitative estimate of drug-likeness (QED) is 0.563. The summed E-state index contributed by atoms with van der Waals surface area (Å²) in [7, 11) is -1.59. The van der Waals surface area contributed by atoms with Gasteiger partial charge in [0.1, 0.15) is 0 Å². The third kappa shape index (κ3) is 4.02. The Kier molecular flexibility index (Phi) is 5.29. The number of benzene rings is 1. The monoisotopic (exact) mass is 343 g/mol. The maximum absolute atomic E-state index is 12.2. The van der Waals surface area contributed by atoms with Gasteiger partial charge >= 0.3 is 7.12 Å². The minimum atomic E-state index is -1.59. The predicted octanol–water partition coefficient (Wildman–Crippen LogP) is 1.23. The molecule has 124 valence electrons. The number of thiophene rings is 1. The molecule has 8 heteroatoms. The molecule has 6 nitrogen and oxygen atoms in total. The molecule has 0 spiro atoms. The highest BCUT2D eigenvalue weighted by Gasteiger charge is 2.25. The van der Waals surface area contributed by atoms with Crippen molar-refractivity contribution in [2.75, 3.05) is 0 Å². The topological polar surface area (TPSA) is 87.4 Å². The van der Waals surface area contributed by atoms with Crippen molar-refractivity contribution in [3.05, 3.63) is 53.0 Å². The second kappa shape index (κ2) is 7.61. The number of carbonyl (C=O) groups excluding carboxylic acids is 1. The van der Waals surface area contributed by atoms with E-state index in [4.69, 9.17) is 0 Å². The Hall–Kier alpha value is -2.16. The lowest BCUT2D eigenvalue weighted by molar-refractivity contribution is -0.121. The maximum atomic E-state index is 12.2. The molecule has 1 unspecified atom stereocenters. The van der Waals surface area contributed by atoms with Crippen LogP contribution in [0.3, 0.4) is 0 Å². The Labute approximate surface area is 143 Å². The molecule has 2 aromatic heterocycles. The first-order valence-electron chi connectivity index (χ1n) is 7.70.